The molecule has 2 aliphatic heterocycles. The summed E-state index contributed by atoms with van der Waals surface area (Å²) in [5.41, 5.74) is 1.03. The Balaban J connectivity index is 1.26. The third-order valence-electron chi connectivity index (χ3n) is 6.48. The maximum absolute atomic E-state index is 13.4. The van der Waals surface area contributed by atoms with Gasteiger partial charge in [0.2, 0.25) is 11.9 Å². The van der Waals surface area contributed by atoms with Crippen molar-refractivity contribution in [2.45, 2.75) is 25.8 Å². The molecule has 2 aliphatic rings. The summed E-state index contributed by atoms with van der Waals surface area (Å²) in [5.74, 6) is 2.43. The number of hydrogen-bond donors (Lipinski definition) is 2. The van der Waals surface area contributed by atoms with E-state index in [-0.39, 0.29) is 11.9 Å². The van der Waals surface area contributed by atoms with Crippen LogP contribution in [0.3, 0.4) is 0 Å². The molecule has 0 radical (unpaired) electrons. The number of carbonyl (C=O) groups excluding carboxylic acids is 2. The van der Waals surface area contributed by atoms with Crippen LogP contribution in [0.1, 0.15) is 18.9 Å². The first-order chi connectivity index (χ1) is 18.6. The quantitative estimate of drug-likeness (QED) is 0.457. The Morgan fingerprint density at radius 2 is 1.92 bits per heavy atom. The van der Waals surface area contributed by atoms with Gasteiger partial charge in [-0.2, -0.15) is 4.98 Å². The van der Waals surface area contributed by atoms with Crippen molar-refractivity contribution in [2.24, 2.45) is 0 Å². The number of carbonyl (C=O) groups is 2. The first-order valence-electron chi connectivity index (χ1n) is 12.9. The van der Waals surface area contributed by atoms with Gasteiger partial charge in [0, 0.05) is 51.3 Å². The third kappa shape index (κ3) is 5.79. The summed E-state index contributed by atoms with van der Waals surface area (Å²) in [7, 11) is 0. The molecule has 1 aromatic carbocycles. The minimum Gasteiger partial charge on any atom is -0.486 e. The lowest BCUT2D eigenvalue weighted by Gasteiger charge is -2.41. The summed E-state index contributed by atoms with van der Waals surface area (Å²) in [4.78, 5) is 43.0. The topological polar surface area (TPSA) is 127 Å². The lowest BCUT2D eigenvalue weighted by Crippen LogP contribution is -2.62. The van der Waals surface area contributed by atoms with Crippen LogP contribution in [0.5, 0.6) is 11.5 Å². The molecule has 38 heavy (non-hydrogen) atoms. The van der Waals surface area contributed by atoms with E-state index in [0.717, 1.165) is 23.5 Å². The molecule has 1 unspecified atom stereocenters. The number of ether oxygens (including phenoxy) is 2. The van der Waals surface area contributed by atoms with Crippen LogP contribution in [0.2, 0.25) is 0 Å². The molecule has 1 saturated heterocycles. The van der Waals surface area contributed by atoms with Crippen LogP contribution in [0.4, 0.5) is 10.6 Å². The highest BCUT2D eigenvalue weighted by Crippen LogP contribution is 2.30. The number of imidazole rings is 1. The molecular weight excluding hydrogens is 488 g/mol. The molecule has 1 atom stereocenters. The lowest BCUT2D eigenvalue weighted by atomic mass is 10.1. The van der Waals surface area contributed by atoms with Crippen molar-refractivity contribution in [1.82, 2.24) is 35.1 Å². The van der Waals surface area contributed by atoms with Crippen LogP contribution in [0, 0.1) is 0 Å². The van der Waals surface area contributed by atoms with Gasteiger partial charge >= 0.3 is 6.03 Å². The Labute approximate surface area is 221 Å². The van der Waals surface area contributed by atoms with Crippen LogP contribution in [-0.2, 0) is 11.2 Å². The second kappa shape index (κ2) is 11.8. The van der Waals surface area contributed by atoms with Crippen molar-refractivity contribution in [3.63, 3.8) is 0 Å². The van der Waals surface area contributed by atoms with Crippen molar-refractivity contribution < 1.29 is 19.1 Å². The SMILES string of the molecule is CCCNC(=O)N1CCN(c2ccnc(-n3ccnc3)n2)CC1C(=O)NCCc1ccc2c(c1)OCCO2. The average Bonchev–Trinajstić information content (AvgIpc) is 3.51. The van der Waals surface area contributed by atoms with E-state index in [1.807, 2.05) is 36.1 Å². The number of rotatable bonds is 8. The van der Waals surface area contributed by atoms with Crippen molar-refractivity contribution in [3.8, 4) is 17.4 Å². The first-order valence-corrected chi connectivity index (χ1v) is 12.9. The maximum Gasteiger partial charge on any atom is 0.318 e. The second-order valence-corrected chi connectivity index (χ2v) is 9.09. The van der Waals surface area contributed by atoms with E-state index in [9.17, 15) is 9.59 Å². The molecule has 12 heteroatoms. The normalized spacial score (nSPS) is 16.7. The van der Waals surface area contributed by atoms with Crippen LogP contribution in [0.25, 0.3) is 5.95 Å². The predicted octanol–water partition coefficient (Wildman–Crippen LogP) is 1.40. The van der Waals surface area contributed by atoms with Gasteiger partial charge in [-0.15, -0.1) is 0 Å². The molecular formula is C26H32N8O4. The highest BCUT2D eigenvalue weighted by atomic mass is 16.6. The smallest absolute Gasteiger partial charge is 0.318 e. The molecule has 0 spiro atoms. The standard InChI is InChI=1S/C26H32N8O4/c1-2-7-30-26(36)34-13-12-32(23-6-9-29-25(31-23)33-11-10-27-18-33)17-20(34)24(35)28-8-5-19-3-4-21-22(16-19)38-15-14-37-21/h3-4,6,9-11,16,18,20H,2,5,7-8,12-15,17H2,1H3,(H,28,35)(H,30,36). The number of nitrogens with zero attached hydrogens (tertiary/aromatic N) is 6. The Kier molecular flexibility index (Phi) is 7.86. The number of anilines is 1. The van der Waals surface area contributed by atoms with Crippen LogP contribution >= 0.6 is 0 Å². The molecule has 0 saturated carbocycles. The lowest BCUT2D eigenvalue weighted by molar-refractivity contribution is -0.125. The molecule has 1 fully saturated rings. The number of urea groups is 1. The molecule has 12 nitrogen and oxygen atoms in total. The van der Waals surface area contributed by atoms with E-state index in [1.165, 1.54) is 0 Å². The summed E-state index contributed by atoms with van der Waals surface area (Å²) in [6.07, 6.45) is 8.19. The van der Waals surface area contributed by atoms with E-state index in [1.54, 1.807) is 34.4 Å². The van der Waals surface area contributed by atoms with Crippen molar-refractivity contribution in [2.75, 3.05) is 50.8 Å². The molecule has 3 amide bonds. The fourth-order valence-electron chi connectivity index (χ4n) is 4.50. The van der Waals surface area contributed by atoms with E-state index in [4.69, 9.17) is 9.47 Å². The Hall–Kier alpha value is -4.35. The zero-order valence-corrected chi connectivity index (χ0v) is 21.4. The Morgan fingerprint density at radius 1 is 1.05 bits per heavy atom. The van der Waals surface area contributed by atoms with Crippen molar-refractivity contribution in [3.05, 3.63) is 54.7 Å². The number of aromatic nitrogens is 4. The third-order valence-corrected chi connectivity index (χ3v) is 6.48. The van der Waals surface area contributed by atoms with E-state index in [2.05, 4.69) is 25.6 Å². The van der Waals surface area contributed by atoms with E-state index >= 15 is 0 Å². The summed E-state index contributed by atoms with van der Waals surface area (Å²) in [5, 5.41) is 5.93. The summed E-state index contributed by atoms with van der Waals surface area (Å²) < 4.78 is 13.0. The second-order valence-electron chi connectivity index (χ2n) is 9.09. The number of nitrogens with one attached hydrogen (secondary N) is 2. The number of amides is 3. The van der Waals surface area contributed by atoms with E-state index in [0.29, 0.717) is 64.1 Å². The largest absolute Gasteiger partial charge is 0.486 e. The minimum absolute atomic E-state index is 0.206. The van der Waals surface area contributed by atoms with Crippen LogP contribution in [0.15, 0.2) is 49.2 Å². The van der Waals surface area contributed by atoms with Gasteiger partial charge in [-0.05, 0) is 36.6 Å². The molecule has 0 aliphatic carbocycles. The van der Waals surface area contributed by atoms with Gasteiger partial charge in [-0.1, -0.05) is 13.0 Å². The highest BCUT2D eigenvalue weighted by Gasteiger charge is 2.35. The molecule has 2 N–H and O–H groups in total. The number of fused-ring (bicyclic) bond motifs is 1. The number of benzene rings is 1. The number of hydrogen-bond acceptors (Lipinski definition) is 8. The maximum atomic E-state index is 13.4. The molecule has 3 aromatic rings. The predicted molar refractivity (Wildman–Crippen MR) is 140 cm³/mol. The fraction of sp³-hybridized carbons (Fsp3) is 0.423. The molecule has 200 valence electrons. The van der Waals surface area contributed by atoms with Gasteiger partial charge in [0.25, 0.3) is 0 Å². The average molecular weight is 521 g/mol. The zero-order valence-electron chi connectivity index (χ0n) is 21.4. The Bertz CT molecular complexity index is 1250. The zero-order chi connectivity index (χ0) is 26.3. The van der Waals surface area contributed by atoms with Crippen molar-refractivity contribution in [1.29, 1.82) is 0 Å². The Morgan fingerprint density at radius 3 is 2.74 bits per heavy atom. The minimum atomic E-state index is -0.674. The van der Waals surface area contributed by atoms with Gasteiger partial charge in [0.15, 0.2) is 11.5 Å². The van der Waals surface area contributed by atoms with Gasteiger partial charge < -0.3 is 29.9 Å². The highest BCUT2D eigenvalue weighted by molar-refractivity contribution is 5.88. The molecule has 2 aromatic heterocycles. The fourth-order valence-corrected chi connectivity index (χ4v) is 4.50. The monoisotopic (exact) mass is 520 g/mol. The van der Waals surface area contributed by atoms with Gasteiger partial charge in [-0.3, -0.25) is 9.36 Å². The van der Waals surface area contributed by atoms with Crippen LogP contribution < -0.4 is 25.0 Å². The molecule has 4 heterocycles. The van der Waals surface area contributed by atoms with Gasteiger partial charge in [-0.25, -0.2) is 14.8 Å². The van der Waals surface area contributed by atoms with Gasteiger partial charge in [0.1, 0.15) is 31.4 Å². The summed E-state index contributed by atoms with van der Waals surface area (Å²) in [6, 6.07) is 6.71. The first kappa shape index (κ1) is 25.3. The summed E-state index contributed by atoms with van der Waals surface area (Å²) >= 11 is 0. The van der Waals surface area contributed by atoms with Crippen molar-refractivity contribution >= 4 is 17.8 Å². The van der Waals surface area contributed by atoms with Crippen LogP contribution in [-0.4, -0.2) is 88.3 Å². The van der Waals surface area contributed by atoms with Gasteiger partial charge in [0.05, 0.1) is 0 Å². The molecule has 5 rings (SSSR count). The summed E-state index contributed by atoms with van der Waals surface area (Å²) in [6.45, 7) is 5.29. The number of piperazine rings is 1. The van der Waals surface area contributed by atoms with E-state index < -0.39 is 6.04 Å². The molecule has 0 bridgehead atoms.